The number of hydrogen-bond donors (Lipinski definition) is 0. The largest absolute Gasteiger partial charge is 0.285 e. The summed E-state index contributed by atoms with van der Waals surface area (Å²) in [5.74, 6) is 0. The Morgan fingerprint density at radius 2 is 1.09 bits per heavy atom. The Labute approximate surface area is 145 Å². The number of hydrogen-bond acceptors (Lipinski definition) is 5. The third-order valence-electron chi connectivity index (χ3n) is 3.18. The van der Waals surface area contributed by atoms with E-state index in [9.17, 15) is 9.59 Å². The quantitative estimate of drug-likeness (QED) is 0.653. The summed E-state index contributed by atoms with van der Waals surface area (Å²) in [4.78, 5) is 23.4. The first-order chi connectivity index (χ1) is 11.2. The first-order valence-electron chi connectivity index (χ1n) is 7.39. The van der Waals surface area contributed by atoms with Crippen LogP contribution in [0.1, 0.15) is 24.0 Å². The highest BCUT2D eigenvalue weighted by Gasteiger charge is 2.09. The molecule has 0 saturated carbocycles. The lowest BCUT2D eigenvalue weighted by Crippen LogP contribution is -1.98. The summed E-state index contributed by atoms with van der Waals surface area (Å²) in [6.07, 6.45) is 2.16. The zero-order chi connectivity index (χ0) is 16.3. The van der Waals surface area contributed by atoms with Gasteiger partial charge in [-0.3, -0.25) is 9.59 Å². The molecule has 5 heteroatoms. The van der Waals surface area contributed by atoms with Crippen LogP contribution in [0.15, 0.2) is 60.7 Å². The fraction of sp³-hybridized carbons (Fsp3) is 0.222. The monoisotopic (exact) mass is 346 g/mol. The second-order valence-corrected chi connectivity index (χ2v) is 6.74. The van der Waals surface area contributed by atoms with Gasteiger partial charge in [-0.25, -0.2) is 3.63 Å². The molecule has 2 aromatic carbocycles. The molecule has 0 aliphatic carbocycles. The minimum Gasteiger partial charge on any atom is -0.285 e. The van der Waals surface area contributed by atoms with E-state index in [2.05, 4.69) is 0 Å². The van der Waals surface area contributed by atoms with Crippen molar-refractivity contribution in [3.63, 3.8) is 0 Å². The average molecular weight is 346 g/mol. The maximum atomic E-state index is 11.7. The molecule has 120 valence electrons. The standard InChI is InChI=1S/C18H18O3S2/c19-17(13-11-15-7-3-1-4-8-15)22-21-23-18(20)14-12-16-9-5-2-6-10-16/h1-10H,11-14H2. The van der Waals surface area contributed by atoms with Gasteiger partial charge in [0, 0.05) is 12.8 Å². The van der Waals surface area contributed by atoms with Gasteiger partial charge in [-0.05, 0) is 24.0 Å². The summed E-state index contributed by atoms with van der Waals surface area (Å²) >= 11 is 1.50. The molecular weight excluding hydrogens is 328 g/mol. The third kappa shape index (κ3) is 7.50. The molecule has 0 amide bonds. The van der Waals surface area contributed by atoms with Crippen LogP contribution in [0.5, 0.6) is 0 Å². The van der Waals surface area contributed by atoms with Crippen LogP contribution in [0.2, 0.25) is 0 Å². The zero-order valence-electron chi connectivity index (χ0n) is 12.6. The van der Waals surface area contributed by atoms with Crippen LogP contribution in [0.4, 0.5) is 0 Å². The zero-order valence-corrected chi connectivity index (χ0v) is 14.3. The molecule has 0 fully saturated rings. The number of carbonyl (C=O) groups excluding carboxylic acids is 2. The topological polar surface area (TPSA) is 43.4 Å². The highest BCUT2D eigenvalue weighted by Crippen LogP contribution is 2.20. The van der Waals surface area contributed by atoms with Gasteiger partial charge >= 0.3 is 0 Å². The van der Waals surface area contributed by atoms with E-state index in [4.69, 9.17) is 3.63 Å². The number of aryl methyl sites for hydroxylation is 2. The van der Waals surface area contributed by atoms with E-state index in [0.29, 0.717) is 25.7 Å². The van der Waals surface area contributed by atoms with E-state index < -0.39 is 0 Å². The van der Waals surface area contributed by atoms with Crippen molar-refractivity contribution in [1.29, 1.82) is 0 Å². The molecule has 0 saturated heterocycles. The minimum absolute atomic E-state index is 0.0720. The van der Waals surface area contributed by atoms with Gasteiger partial charge in [-0.1, -0.05) is 60.7 Å². The van der Waals surface area contributed by atoms with Crippen molar-refractivity contribution in [1.82, 2.24) is 0 Å². The molecule has 0 aliphatic rings. The van der Waals surface area contributed by atoms with Gasteiger partial charge in [0.1, 0.15) is 0 Å². The van der Waals surface area contributed by atoms with E-state index in [0.717, 1.165) is 35.2 Å². The van der Waals surface area contributed by atoms with Crippen molar-refractivity contribution in [2.75, 3.05) is 0 Å². The number of carbonyl (C=O) groups is 2. The van der Waals surface area contributed by atoms with Crippen LogP contribution in [0.25, 0.3) is 0 Å². The predicted molar refractivity (Wildman–Crippen MR) is 95.8 cm³/mol. The van der Waals surface area contributed by atoms with Crippen molar-refractivity contribution >= 4 is 34.3 Å². The molecule has 0 spiro atoms. The smallest absolute Gasteiger partial charge is 0.217 e. The van der Waals surface area contributed by atoms with Gasteiger partial charge in [0.2, 0.25) is 10.2 Å². The van der Waals surface area contributed by atoms with E-state index >= 15 is 0 Å². The van der Waals surface area contributed by atoms with Crippen molar-refractivity contribution in [3.8, 4) is 0 Å². The van der Waals surface area contributed by atoms with E-state index in [1.807, 2.05) is 60.7 Å². The molecule has 0 atom stereocenters. The van der Waals surface area contributed by atoms with Gasteiger partial charge in [0.15, 0.2) is 0 Å². The lowest BCUT2D eigenvalue weighted by Gasteiger charge is -2.02. The summed E-state index contributed by atoms with van der Waals surface area (Å²) in [6, 6.07) is 19.6. The van der Waals surface area contributed by atoms with Crippen molar-refractivity contribution in [2.45, 2.75) is 25.7 Å². The van der Waals surface area contributed by atoms with Crippen LogP contribution in [0.3, 0.4) is 0 Å². The Balaban J connectivity index is 1.57. The highest BCUT2D eigenvalue weighted by atomic mass is 32.2. The number of rotatable bonds is 8. The Hall–Kier alpha value is -1.56. The number of benzene rings is 2. The van der Waals surface area contributed by atoms with E-state index in [-0.39, 0.29) is 10.2 Å². The maximum absolute atomic E-state index is 11.7. The van der Waals surface area contributed by atoms with Crippen molar-refractivity contribution in [3.05, 3.63) is 71.8 Å². The maximum Gasteiger partial charge on any atom is 0.217 e. The molecule has 0 unspecified atom stereocenters. The van der Waals surface area contributed by atoms with Crippen LogP contribution < -0.4 is 0 Å². The Kier molecular flexibility index (Phi) is 7.93. The molecular formula is C18H18O3S2. The molecule has 0 aromatic heterocycles. The second-order valence-electron chi connectivity index (χ2n) is 4.95. The van der Waals surface area contributed by atoms with Gasteiger partial charge in [-0.2, -0.15) is 0 Å². The lowest BCUT2D eigenvalue weighted by molar-refractivity contribution is -0.111. The highest BCUT2D eigenvalue weighted by molar-refractivity contribution is 8.21. The van der Waals surface area contributed by atoms with Gasteiger partial charge in [-0.15, -0.1) is 0 Å². The van der Waals surface area contributed by atoms with Crippen LogP contribution in [-0.4, -0.2) is 10.2 Å². The van der Waals surface area contributed by atoms with Gasteiger partial charge < -0.3 is 0 Å². The molecule has 0 N–H and O–H groups in total. The summed E-state index contributed by atoms with van der Waals surface area (Å²) < 4.78 is 5.07. The summed E-state index contributed by atoms with van der Waals surface area (Å²) in [7, 11) is 0. The normalized spacial score (nSPS) is 10.4. The van der Waals surface area contributed by atoms with E-state index in [1.165, 1.54) is 0 Å². The molecule has 0 aliphatic heterocycles. The molecule has 2 rings (SSSR count). The Bertz CT molecular complexity index is 559. The van der Waals surface area contributed by atoms with E-state index in [1.54, 1.807) is 0 Å². The summed E-state index contributed by atoms with van der Waals surface area (Å²) in [5, 5.41) is -0.144. The molecule has 0 bridgehead atoms. The molecule has 0 heterocycles. The Morgan fingerprint density at radius 1 is 0.696 bits per heavy atom. The SMILES string of the molecule is O=C(CCc1ccccc1)SOSC(=O)CCc1ccccc1. The Morgan fingerprint density at radius 3 is 1.48 bits per heavy atom. The molecule has 3 nitrogen and oxygen atoms in total. The fourth-order valence-electron chi connectivity index (χ4n) is 1.96. The third-order valence-corrected chi connectivity index (χ3v) is 4.50. The molecule has 2 aromatic rings. The van der Waals surface area contributed by atoms with Crippen LogP contribution in [-0.2, 0) is 26.1 Å². The van der Waals surface area contributed by atoms with Crippen LogP contribution >= 0.6 is 24.1 Å². The summed E-state index contributed by atoms with van der Waals surface area (Å²) in [6.45, 7) is 0. The molecule has 23 heavy (non-hydrogen) atoms. The summed E-state index contributed by atoms with van der Waals surface area (Å²) in [5.41, 5.74) is 2.24. The fourth-order valence-corrected chi connectivity index (χ4v) is 3.07. The van der Waals surface area contributed by atoms with Gasteiger partial charge in [0.05, 0.1) is 24.1 Å². The van der Waals surface area contributed by atoms with Crippen molar-refractivity contribution in [2.24, 2.45) is 0 Å². The minimum atomic E-state index is -0.0720. The first-order valence-corrected chi connectivity index (χ1v) is 8.87. The van der Waals surface area contributed by atoms with Gasteiger partial charge in [0.25, 0.3) is 0 Å². The molecule has 0 radical (unpaired) electrons. The predicted octanol–water partition coefficient (Wildman–Crippen LogP) is 4.62. The first kappa shape index (κ1) is 17.8. The second kappa shape index (κ2) is 10.3. The van der Waals surface area contributed by atoms with Crippen LogP contribution in [0, 0.1) is 0 Å². The lowest BCUT2D eigenvalue weighted by atomic mass is 10.1. The average Bonchev–Trinajstić information content (AvgIpc) is 2.60. The van der Waals surface area contributed by atoms with Crippen molar-refractivity contribution < 1.29 is 13.2 Å².